The fourth-order valence-electron chi connectivity index (χ4n) is 1.31. The summed E-state index contributed by atoms with van der Waals surface area (Å²) in [4.78, 5) is 15.5. The van der Waals surface area contributed by atoms with Gasteiger partial charge in [0, 0.05) is 17.3 Å². The Balaban J connectivity index is 2.05. The van der Waals surface area contributed by atoms with E-state index in [9.17, 15) is 4.79 Å². The number of thiazole rings is 1. The summed E-state index contributed by atoms with van der Waals surface area (Å²) in [6.45, 7) is 2.17. The monoisotopic (exact) mass is 248 g/mol. The molecule has 0 aliphatic heterocycles. The van der Waals surface area contributed by atoms with Crippen LogP contribution in [0, 0.1) is 0 Å². The molecule has 0 saturated heterocycles. The summed E-state index contributed by atoms with van der Waals surface area (Å²) in [7, 11) is 0. The van der Waals surface area contributed by atoms with Gasteiger partial charge in [0.25, 0.3) is 0 Å². The number of rotatable bonds is 4. The van der Waals surface area contributed by atoms with Gasteiger partial charge in [0.05, 0.1) is 12.2 Å². The first kappa shape index (κ1) is 11.6. The quantitative estimate of drug-likeness (QED) is 0.845. The minimum atomic E-state index is -0.298. The molecule has 1 N–H and O–H groups in total. The smallest absolute Gasteiger partial charge is 0.338 e. The highest BCUT2D eigenvalue weighted by atomic mass is 32.1. The van der Waals surface area contributed by atoms with Crippen molar-refractivity contribution >= 4 is 28.1 Å². The van der Waals surface area contributed by atoms with E-state index in [2.05, 4.69) is 10.3 Å². The highest BCUT2D eigenvalue weighted by molar-refractivity contribution is 7.13. The molecule has 0 unspecified atom stereocenters. The Kier molecular flexibility index (Phi) is 3.72. The topological polar surface area (TPSA) is 51.2 Å². The molecule has 0 amide bonds. The second-order valence-corrected chi connectivity index (χ2v) is 4.15. The Morgan fingerprint density at radius 2 is 2.18 bits per heavy atom. The van der Waals surface area contributed by atoms with Crippen molar-refractivity contribution in [2.45, 2.75) is 6.92 Å². The average molecular weight is 248 g/mol. The Hall–Kier alpha value is -1.88. The first-order chi connectivity index (χ1) is 8.29. The molecule has 2 aromatic rings. The van der Waals surface area contributed by atoms with Gasteiger partial charge in [-0.2, -0.15) is 0 Å². The molecule has 0 spiro atoms. The third-order valence-corrected chi connectivity index (χ3v) is 2.77. The van der Waals surface area contributed by atoms with E-state index >= 15 is 0 Å². The van der Waals surface area contributed by atoms with Crippen molar-refractivity contribution in [1.82, 2.24) is 4.98 Å². The lowest BCUT2D eigenvalue weighted by molar-refractivity contribution is 0.0526. The van der Waals surface area contributed by atoms with Crippen molar-refractivity contribution < 1.29 is 9.53 Å². The standard InChI is InChI=1S/C12H12N2O2S/c1-2-16-11(15)9-3-5-10(6-4-9)14-12-13-7-8-17-12/h3-8H,2H2,1H3,(H,13,14). The summed E-state index contributed by atoms with van der Waals surface area (Å²) in [5, 5.41) is 5.86. The van der Waals surface area contributed by atoms with E-state index < -0.39 is 0 Å². The largest absolute Gasteiger partial charge is 0.462 e. The molecule has 0 atom stereocenters. The summed E-state index contributed by atoms with van der Waals surface area (Å²) in [5.74, 6) is -0.298. The molecule has 4 nitrogen and oxygen atoms in total. The van der Waals surface area contributed by atoms with Gasteiger partial charge in [0.1, 0.15) is 0 Å². The predicted octanol–water partition coefficient (Wildman–Crippen LogP) is 3.06. The Bertz CT molecular complexity index is 480. The summed E-state index contributed by atoms with van der Waals surface area (Å²) in [6.07, 6.45) is 1.74. The van der Waals surface area contributed by atoms with Gasteiger partial charge in [-0.3, -0.25) is 0 Å². The van der Waals surface area contributed by atoms with Gasteiger partial charge in [-0.05, 0) is 31.2 Å². The molecule has 2 rings (SSSR count). The third-order valence-electron chi connectivity index (χ3n) is 2.08. The van der Waals surface area contributed by atoms with Crippen LogP contribution in [0.5, 0.6) is 0 Å². The Morgan fingerprint density at radius 3 is 2.76 bits per heavy atom. The van der Waals surface area contributed by atoms with Gasteiger partial charge in [-0.15, -0.1) is 11.3 Å². The van der Waals surface area contributed by atoms with Crippen LogP contribution in [0.15, 0.2) is 35.8 Å². The molecule has 88 valence electrons. The van der Waals surface area contributed by atoms with E-state index in [0.29, 0.717) is 12.2 Å². The highest BCUT2D eigenvalue weighted by Gasteiger charge is 2.05. The molecule has 0 fully saturated rings. The molecular weight excluding hydrogens is 236 g/mol. The zero-order chi connectivity index (χ0) is 12.1. The van der Waals surface area contributed by atoms with E-state index in [1.165, 1.54) is 11.3 Å². The van der Waals surface area contributed by atoms with E-state index in [1.807, 2.05) is 17.5 Å². The maximum absolute atomic E-state index is 11.4. The van der Waals surface area contributed by atoms with Crippen LogP contribution >= 0.6 is 11.3 Å². The number of hydrogen-bond donors (Lipinski definition) is 1. The van der Waals surface area contributed by atoms with Gasteiger partial charge < -0.3 is 10.1 Å². The zero-order valence-corrected chi connectivity index (χ0v) is 10.2. The van der Waals surface area contributed by atoms with E-state index in [0.717, 1.165) is 10.8 Å². The number of carbonyl (C=O) groups excluding carboxylic acids is 1. The van der Waals surface area contributed by atoms with Crippen LogP contribution in [0.2, 0.25) is 0 Å². The average Bonchev–Trinajstić information content (AvgIpc) is 2.83. The van der Waals surface area contributed by atoms with Crippen LogP contribution < -0.4 is 5.32 Å². The number of carbonyl (C=O) groups is 1. The number of anilines is 2. The number of hydrogen-bond acceptors (Lipinski definition) is 5. The van der Waals surface area contributed by atoms with Gasteiger partial charge in [0.2, 0.25) is 0 Å². The van der Waals surface area contributed by atoms with E-state index in [1.54, 1.807) is 25.3 Å². The van der Waals surface area contributed by atoms with Crippen LogP contribution in [-0.2, 0) is 4.74 Å². The Labute approximate surface area is 103 Å². The van der Waals surface area contributed by atoms with E-state index in [-0.39, 0.29) is 5.97 Å². The fourth-order valence-corrected chi connectivity index (χ4v) is 1.86. The lowest BCUT2D eigenvalue weighted by Crippen LogP contribution is -2.04. The minimum absolute atomic E-state index is 0.298. The molecule has 0 radical (unpaired) electrons. The highest BCUT2D eigenvalue weighted by Crippen LogP contribution is 2.19. The summed E-state index contributed by atoms with van der Waals surface area (Å²) < 4.78 is 4.90. The molecule has 0 aliphatic carbocycles. The van der Waals surface area contributed by atoms with Gasteiger partial charge >= 0.3 is 5.97 Å². The molecule has 17 heavy (non-hydrogen) atoms. The number of esters is 1. The van der Waals surface area contributed by atoms with Gasteiger partial charge in [-0.25, -0.2) is 9.78 Å². The van der Waals surface area contributed by atoms with E-state index in [4.69, 9.17) is 4.74 Å². The van der Waals surface area contributed by atoms with Crippen molar-refractivity contribution in [2.24, 2.45) is 0 Å². The number of benzene rings is 1. The van der Waals surface area contributed by atoms with Gasteiger partial charge in [0.15, 0.2) is 5.13 Å². The summed E-state index contributed by atoms with van der Waals surface area (Å²) >= 11 is 1.52. The summed E-state index contributed by atoms with van der Waals surface area (Å²) in [6, 6.07) is 7.11. The number of ether oxygens (including phenoxy) is 1. The molecule has 1 heterocycles. The Morgan fingerprint density at radius 1 is 1.41 bits per heavy atom. The molecule has 0 aliphatic rings. The molecule has 5 heteroatoms. The second kappa shape index (κ2) is 5.45. The van der Waals surface area contributed by atoms with Crippen molar-refractivity contribution in [2.75, 3.05) is 11.9 Å². The second-order valence-electron chi connectivity index (χ2n) is 3.26. The molecule has 1 aromatic carbocycles. The van der Waals surface area contributed by atoms with Crippen molar-refractivity contribution in [1.29, 1.82) is 0 Å². The van der Waals surface area contributed by atoms with Crippen LogP contribution in [0.4, 0.5) is 10.8 Å². The first-order valence-electron chi connectivity index (χ1n) is 5.23. The maximum Gasteiger partial charge on any atom is 0.338 e. The molecular formula is C12H12N2O2S. The normalized spacial score (nSPS) is 9.94. The summed E-state index contributed by atoms with van der Waals surface area (Å²) in [5.41, 5.74) is 1.45. The van der Waals surface area contributed by atoms with Crippen LogP contribution in [0.3, 0.4) is 0 Å². The zero-order valence-electron chi connectivity index (χ0n) is 9.34. The van der Waals surface area contributed by atoms with Gasteiger partial charge in [-0.1, -0.05) is 0 Å². The number of aromatic nitrogens is 1. The van der Waals surface area contributed by atoms with Crippen LogP contribution in [0.25, 0.3) is 0 Å². The van der Waals surface area contributed by atoms with Crippen molar-refractivity contribution in [3.05, 3.63) is 41.4 Å². The fraction of sp³-hybridized carbons (Fsp3) is 0.167. The van der Waals surface area contributed by atoms with Crippen LogP contribution in [0.1, 0.15) is 17.3 Å². The first-order valence-corrected chi connectivity index (χ1v) is 6.11. The lowest BCUT2D eigenvalue weighted by atomic mass is 10.2. The van der Waals surface area contributed by atoms with Crippen molar-refractivity contribution in [3.63, 3.8) is 0 Å². The SMILES string of the molecule is CCOC(=O)c1ccc(Nc2nccs2)cc1. The lowest BCUT2D eigenvalue weighted by Gasteiger charge is -2.04. The molecule has 0 saturated carbocycles. The minimum Gasteiger partial charge on any atom is -0.462 e. The van der Waals surface area contributed by atoms with Crippen molar-refractivity contribution in [3.8, 4) is 0 Å². The third kappa shape index (κ3) is 3.04. The molecule has 0 bridgehead atoms. The maximum atomic E-state index is 11.4. The number of nitrogens with zero attached hydrogens (tertiary/aromatic N) is 1. The number of nitrogens with one attached hydrogen (secondary N) is 1. The predicted molar refractivity (Wildman–Crippen MR) is 67.8 cm³/mol. The van der Waals surface area contributed by atoms with Crippen LogP contribution in [-0.4, -0.2) is 17.6 Å². The molecule has 1 aromatic heterocycles.